The number of rotatable bonds is 24. The molecule has 2 unspecified atom stereocenters. The molecule has 2 aliphatic heterocycles. The molecule has 2 heterocycles. The summed E-state index contributed by atoms with van der Waals surface area (Å²) in [5.74, 6) is -13.0. The molecule has 140 heavy (non-hydrogen) atoms. The minimum absolute atomic E-state index is 0.00312. The minimum atomic E-state index is -1.37. The van der Waals surface area contributed by atoms with Crippen LogP contribution in [0.1, 0.15) is 214 Å². The fraction of sp³-hybridized carbons (Fsp3) is 0.588. The number of non-ortho nitro benzene ring substituents is 1. The van der Waals surface area contributed by atoms with E-state index >= 15 is 0 Å². The number of amides is 11. The zero-order valence-corrected chi connectivity index (χ0v) is 85.6. The van der Waals surface area contributed by atoms with Crippen LogP contribution < -0.4 is 42.0 Å². The topological polar surface area (TPSA) is 498 Å². The van der Waals surface area contributed by atoms with Crippen molar-refractivity contribution in [1.82, 2.24) is 56.8 Å². The average Bonchev–Trinajstić information content (AvgIpc) is 0.772. The summed E-state index contributed by atoms with van der Waals surface area (Å²) < 4.78 is 40.7. The summed E-state index contributed by atoms with van der Waals surface area (Å²) in [4.78, 5) is 237. The molecule has 18 atom stereocenters. The van der Waals surface area contributed by atoms with Gasteiger partial charge in [0.1, 0.15) is 78.5 Å². The van der Waals surface area contributed by atoms with Gasteiger partial charge < -0.3 is 95.1 Å². The zero-order chi connectivity index (χ0) is 105. The van der Waals surface area contributed by atoms with E-state index in [1.54, 1.807) is 122 Å². The number of carbonyl (C=O) groups excluding carboxylic acids is 16. The minimum Gasteiger partial charge on any atom is -0.456 e. The Bertz CT molecular complexity index is 4810. The Morgan fingerprint density at radius 3 is 1.24 bits per heavy atom. The molecule has 5 rings (SSSR count). The van der Waals surface area contributed by atoms with Crippen LogP contribution in [0.3, 0.4) is 0 Å². The first-order valence-corrected chi connectivity index (χ1v) is 48.0. The Kier molecular flexibility index (Phi) is 50.8. The predicted molar refractivity (Wildman–Crippen MR) is 522 cm³/mol. The van der Waals surface area contributed by atoms with Crippen LogP contribution >= 0.6 is 0 Å². The van der Waals surface area contributed by atoms with Crippen molar-refractivity contribution in [3.8, 4) is 5.75 Å². The lowest BCUT2D eigenvalue weighted by molar-refractivity contribution is -0.384. The van der Waals surface area contributed by atoms with Gasteiger partial charge in [0.05, 0.1) is 18.0 Å². The van der Waals surface area contributed by atoms with Crippen molar-refractivity contribution in [1.29, 1.82) is 0 Å². The van der Waals surface area contributed by atoms with Gasteiger partial charge in [-0.3, -0.25) is 58.1 Å². The highest BCUT2D eigenvalue weighted by Gasteiger charge is 2.42. The van der Waals surface area contributed by atoms with E-state index in [2.05, 4.69) is 37.2 Å². The highest BCUT2D eigenvalue weighted by atomic mass is 16.7. The van der Waals surface area contributed by atoms with Gasteiger partial charge in [0.2, 0.25) is 47.3 Å². The monoisotopic (exact) mass is 1960 g/mol. The molecule has 0 spiro atoms. The summed E-state index contributed by atoms with van der Waals surface area (Å²) in [5, 5.41) is 39.1. The number of hydrogen-bond acceptors (Lipinski definition) is 26. The van der Waals surface area contributed by atoms with Crippen molar-refractivity contribution < 1.29 is 120 Å². The number of likely N-dealkylation sites (N-methyl/N-ethyl adjacent to an activating group) is 4. The maximum absolute atomic E-state index is 14.3. The summed E-state index contributed by atoms with van der Waals surface area (Å²) in [5.41, 5.74) is 2.40. The number of nitrogens with one attached hydrogen (secondary N) is 7. The lowest BCUT2D eigenvalue weighted by Gasteiger charge is -2.33. The molecule has 38 nitrogen and oxygen atoms in total. The molecule has 0 radical (unpaired) electrons. The molecule has 2 aliphatic rings. The molecule has 0 saturated heterocycles. The number of aliphatic hydroxyl groups is 1. The van der Waals surface area contributed by atoms with Crippen molar-refractivity contribution in [2.45, 2.75) is 300 Å². The van der Waals surface area contributed by atoms with Crippen molar-refractivity contribution in [2.75, 3.05) is 54.4 Å². The summed E-state index contributed by atoms with van der Waals surface area (Å²) in [7, 11) is 5.63. The quantitative estimate of drug-likeness (QED) is 0.00786. The van der Waals surface area contributed by atoms with Crippen molar-refractivity contribution in [3.63, 3.8) is 0 Å². The average molecular weight is 1960 g/mol. The van der Waals surface area contributed by atoms with Gasteiger partial charge in [-0.25, -0.2) is 28.8 Å². The van der Waals surface area contributed by atoms with Gasteiger partial charge in [-0.15, -0.1) is 0 Å². The highest BCUT2D eigenvalue weighted by Crippen LogP contribution is 2.31. The van der Waals surface area contributed by atoms with E-state index in [0.29, 0.717) is 48.9 Å². The molecule has 3 aromatic rings. The normalized spacial score (nSPS) is 25.9. The third-order valence-electron chi connectivity index (χ3n) is 24.7. The van der Waals surface area contributed by atoms with Crippen LogP contribution in [0.4, 0.5) is 15.3 Å². The summed E-state index contributed by atoms with van der Waals surface area (Å²) in [6.45, 7) is 32.7. The molecule has 0 bridgehead atoms. The predicted octanol–water partition coefficient (Wildman–Crippen LogP) is 9.89. The van der Waals surface area contributed by atoms with Gasteiger partial charge in [0, 0.05) is 102 Å². The number of alkyl carbamates (subject to hydrolysis) is 1. The van der Waals surface area contributed by atoms with Gasteiger partial charge in [-0.1, -0.05) is 180 Å². The second-order valence-corrected chi connectivity index (χ2v) is 37.0. The van der Waals surface area contributed by atoms with E-state index < -0.39 is 222 Å². The lowest BCUT2D eigenvalue weighted by Crippen LogP contribution is -2.57. The van der Waals surface area contributed by atoms with Gasteiger partial charge >= 0.3 is 36.1 Å². The molecule has 774 valence electrons. The Balaban J connectivity index is 0.000000585. The van der Waals surface area contributed by atoms with Gasteiger partial charge in [-0.05, 0) is 153 Å². The number of nitrogens with zero attached hydrogens (tertiary/aromatic N) is 5. The van der Waals surface area contributed by atoms with E-state index in [0.717, 1.165) is 40.3 Å². The molecular weight excluding hydrogens is 1810 g/mol. The summed E-state index contributed by atoms with van der Waals surface area (Å²) in [6.07, 6.45) is 1.22. The number of nitro groups is 1. The number of allylic oxidation sites excluding steroid dienone is 2. The maximum atomic E-state index is 14.3. The zero-order valence-electron chi connectivity index (χ0n) is 85.6. The first kappa shape index (κ1) is 119. The standard InChI is InChI=1S/C51H70N6O14.C51H80N6O12/c1-13-30(5)43-46(60)53-35(10)50(64)71-44(31(6)14-2)33(8)40(70-51(65)68-38-23-21-37(22-24-38)57(66)67)25-20-32(7)49(63)69-41(26-29(3)4)45(59)52-34(9)47(61)56(12)39(27-36-18-16-15-17-19-36)48(62)55(11)28-42(58)54-43;1-13-32(5)43-46(61)54-37(10)50(65)69-44(33(6)14-2)35(8)40(68-51(66)52-26-20-15-16-21-27-58)25-24-34(7)49(64)67-41(28-31(3)4)45(60)53-36(9)47(62)57(12)39(29-38-22-18-17-19-23-38)48(63)56(11)30-42(59)55-43/h14-24,29-30,33-35,39-41,43-44H,13,25-28H2,1-12H3,(H,52,59)(H,53,60)(H,54,58);14,17-19,22-24,31-32,35-37,39-41,43-44,58H,13,15-16,20-21,25-30H2,1-12H3,(H,52,66)(H,53,60)(H,54,61)(H,55,59)/b31-14+,32-20+;33-14+,34-24+/t30?,33-,34-,35+,39+,40-,41+,43-,44+;32?,35-,36-,37+,39+,40-,41+,43-,44+/m00/s1. The molecule has 8 N–H and O–H groups in total. The van der Waals surface area contributed by atoms with E-state index in [9.17, 15) is 86.8 Å². The molecule has 11 amide bonds. The Labute approximate surface area is 822 Å². The largest absolute Gasteiger partial charge is 0.514 e. The Morgan fingerprint density at radius 1 is 0.507 bits per heavy atom. The summed E-state index contributed by atoms with van der Waals surface area (Å²) >= 11 is 0. The maximum Gasteiger partial charge on any atom is 0.514 e. The number of aliphatic hydroxyl groups excluding tert-OH is 1. The number of ether oxygens (including phenoxy) is 7. The molecule has 0 aromatic heterocycles. The first-order chi connectivity index (χ1) is 65.9. The van der Waals surface area contributed by atoms with Crippen molar-refractivity contribution >= 4 is 101 Å². The Hall–Kier alpha value is -12.9. The van der Waals surface area contributed by atoms with Crippen molar-refractivity contribution in [3.05, 3.63) is 153 Å². The van der Waals surface area contributed by atoms with Gasteiger partial charge in [0.15, 0.2) is 12.2 Å². The van der Waals surface area contributed by atoms with Crippen LogP contribution in [0.5, 0.6) is 5.75 Å². The van der Waals surface area contributed by atoms with Crippen LogP contribution in [0, 0.1) is 45.6 Å². The van der Waals surface area contributed by atoms with Crippen LogP contribution in [0.15, 0.2) is 132 Å². The fourth-order valence-corrected chi connectivity index (χ4v) is 15.2. The van der Waals surface area contributed by atoms with E-state index in [1.807, 2.05) is 47.6 Å². The first-order valence-electron chi connectivity index (χ1n) is 48.0. The third-order valence-corrected chi connectivity index (χ3v) is 24.7. The van der Waals surface area contributed by atoms with Crippen LogP contribution in [-0.2, 0) is 108 Å². The molecule has 38 heteroatoms. The second kappa shape index (κ2) is 59.5. The third kappa shape index (κ3) is 38.7. The number of hydrogen-bond donors (Lipinski definition) is 8. The van der Waals surface area contributed by atoms with E-state index in [4.69, 9.17) is 38.3 Å². The SMILES string of the molecule is C/C=C(\C)[C@H]1OC(=O)[C@@H](C)NC(=O)[C@H](C(C)CC)NC(=O)CN(C)C(=O)[C@@H](Cc2ccccc2)N(C)C(=O)[C@H](C)NC(=O)[C@@H](CC(C)C)OC(=O)/C(C)=C/C[C@H](OC(=O)NCCCCCCO)[C@@H]1C.C/C=C(\C)[C@H]1OC(=O)[C@@H](C)NC(=O)[C@H](C(C)CC)NC(=O)CN(C)C(=O)[C@@H](Cc2ccccc2)N(C)C(=O)[C@H](C)NC(=O)[C@@H](CC(C)C)OC(=O)/C(C)=C/C[C@H](OC(=O)Oc2ccc([N+](=O)[O-])cc2)[C@@H]1C. The number of carbonyl (C=O) groups is 16. The number of unbranched alkanes of at least 4 members (excludes halogenated alkanes) is 3. The second-order valence-electron chi connectivity index (χ2n) is 37.0. The van der Waals surface area contributed by atoms with Crippen LogP contribution in [-0.4, -0.2) is 264 Å². The fourth-order valence-electron chi connectivity index (χ4n) is 15.2. The number of esters is 4. The molecule has 0 saturated carbocycles. The van der Waals surface area contributed by atoms with E-state index in [-0.39, 0.29) is 79.6 Å². The number of benzene rings is 3. The van der Waals surface area contributed by atoms with E-state index in [1.165, 1.54) is 104 Å². The van der Waals surface area contributed by atoms with Gasteiger partial charge in [0.25, 0.3) is 17.5 Å². The Morgan fingerprint density at radius 2 is 0.879 bits per heavy atom. The highest BCUT2D eigenvalue weighted by molar-refractivity contribution is 5.99. The molecule has 3 aromatic carbocycles. The van der Waals surface area contributed by atoms with Gasteiger partial charge in [-0.2, -0.15) is 0 Å². The lowest BCUT2D eigenvalue weighted by atomic mass is 9.90. The number of cyclic esters (lactones) is 4. The molecule has 0 fully saturated rings. The number of nitro benzene ring substituents is 1. The smallest absolute Gasteiger partial charge is 0.456 e. The van der Waals surface area contributed by atoms with Crippen LogP contribution in [0.25, 0.3) is 0 Å². The molecule has 0 aliphatic carbocycles. The summed E-state index contributed by atoms with van der Waals surface area (Å²) in [6, 6.07) is 13.1. The van der Waals surface area contributed by atoms with Crippen molar-refractivity contribution in [2.24, 2.45) is 35.5 Å². The van der Waals surface area contributed by atoms with Crippen LogP contribution in [0.2, 0.25) is 0 Å². The molecular formula is C102H150N12O26.